The molecule has 170 valence electrons. The fourth-order valence-electron chi connectivity index (χ4n) is 1.23. The molecular weight excluding hydrogens is 558 g/mol. The number of nitrogens with zero attached hydrogens (tertiary/aromatic N) is 10. The van der Waals surface area contributed by atoms with Crippen molar-refractivity contribution in [3.8, 4) is 61.9 Å². The van der Waals surface area contributed by atoms with Crippen molar-refractivity contribution in [3.63, 3.8) is 0 Å². The van der Waals surface area contributed by atoms with Crippen LogP contribution >= 0.6 is 0 Å². The van der Waals surface area contributed by atoms with E-state index >= 15 is 0 Å². The quantitative estimate of drug-likeness (QED) is 0.0663. The molecule has 10 N–H and O–H groups in total. The van der Waals surface area contributed by atoms with Gasteiger partial charge in [-0.2, -0.15) is 0 Å². The van der Waals surface area contributed by atoms with Crippen molar-refractivity contribution in [2.45, 2.75) is 0 Å². The Balaban J connectivity index is -0.000000250. The van der Waals surface area contributed by atoms with Gasteiger partial charge in [-0.25, -0.2) is 0 Å². The minimum absolute atomic E-state index is 0. The third kappa shape index (κ3) is 9.61. The Morgan fingerprint density at radius 3 is 0.412 bits per heavy atom. The molecule has 0 fully saturated rings. The van der Waals surface area contributed by atoms with Gasteiger partial charge in [-0.3, -0.25) is 0 Å². The van der Waals surface area contributed by atoms with E-state index in [1.54, 1.807) is 0 Å². The summed E-state index contributed by atoms with van der Waals surface area (Å²) in [6, 6.07) is 0. The van der Waals surface area contributed by atoms with Crippen molar-refractivity contribution >= 4 is 59.1 Å². The molecule has 0 aliphatic rings. The molecule has 20 nitrogen and oxygen atoms in total. The number of hydrogen-bond acceptors (Lipinski definition) is 20. The standard InChI is InChI=1S/10CHN2.2Fe.2Na.2H/c10*2-1-3;;;;;;/h10*2H;;;;;;/q10*-1;2*+5;;;;. The van der Waals surface area contributed by atoms with Crippen molar-refractivity contribution < 1.29 is 25.8 Å². The fraction of sp³-hybridized carbons (Fsp3) is 0. The van der Waals surface area contributed by atoms with Gasteiger partial charge in [0, 0.05) is 0 Å². The third-order valence-corrected chi connectivity index (χ3v) is 8.92. The van der Waals surface area contributed by atoms with Crippen LogP contribution in [0.5, 0.6) is 0 Å². The van der Waals surface area contributed by atoms with Crippen LogP contribution in [0.15, 0.2) is 0 Å². The number of rotatable bonds is 10. The van der Waals surface area contributed by atoms with Crippen molar-refractivity contribution in [1.29, 1.82) is 52.6 Å². The van der Waals surface area contributed by atoms with Crippen molar-refractivity contribution in [2.75, 3.05) is 0 Å². The molecule has 0 radical (unpaired) electrons. The van der Waals surface area contributed by atoms with Gasteiger partial charge in [-0.15, -0.1) is 0 Å². The van der Waals surface area contributed by atoms with Crippen molar-refractivity contribution in [2.24, 2.45) is 0 Å². The number of nitrogens with one attached hydrogen (secondary N) is 10. The van der Waals surface area contributed by atoms with Gasteiger partial charge in [0.05, 0.1) is 0 Å². The Morgan fingerprint density at radius 2 is 0.353 bits per heavy atom. The second kappa shape index (κ2) is 17.5. The molecule has 0 heterocycles. The Bertz CT molecular complexity index is 804. The zero-order chi connectivity index (χ0) is 25.0. The molecule has 0 bridgehead atoms. The van der Waals surface area contributed by atoms with Gasteiger partial charge in [0.2, 0.25) is 0 Å². The van der Waals surface area contributed by atoms with Gasteiger partial charge < -0.3 is 0 Å². The Kier molecular flexibility index (Phi) is 19.2. The zero-order valence-electron chi connectivity index (χ0n) is 15.2. The van der Waals surface area contributed by atoms with Gasteiger partial charge in [-0.1, -0.05) is 0 Å². The summed E-state index contributed by atoms with van der Waals surface area (Å²) in [6.45, 7) is 0. The van der Waals surface area contributed by atoms with E-state index in [0.29, 0.717) is 0 Å². The molecule has 24 heteroatoms. The molecule has 0 amide bonds. The van der Waals surface area contributed by atoms with E-state index in [9.17, 15) is 0 Å². The second-order valence-corrected chi connectivity index (χ2v) is 12.1. The molecule has 0 aromatic rings. The van der Waals surface area contributed by atoms with Crippen LogP contribution in [-0.2, 0) is 25.8 Å². The maximum absolute atomic E-state index is 8.55. The summed E-state index contributed by atoms with van der Waals surface area (Å²) in [6.07, 6.45) is 14.5. The predicted octanol–water partition coefficient (Wildman–Crippen LogP) is -6.09. The van der Waals surface area contributed by atoms with E-state index in [4.69, 9.17) is 52.6 Å². The molecule has 34 heavy (non-hydrogen) atoms. The Morgan fingerprint density at radius 1 is 0.265 bits per heavy atom. The molecule has 0 unspecified atom stereocenters. The Hall–Kier alpha value is -4.06. The first kappa shape index (κ1) is 37.3. The fourth-order valence-corrected chi connectivity index (χ4v) is 5.08. The van der Waals surface area contributed by atoms with Gasteiger partial charge in [0.25, 0.3) is 0 Å². The van der Waals surface area contributed by atoms with E-state index in [-0.39, 0.29) is 59.1 Å². The molecule has 0 aliphatic carbocycles. The van der Waals surface area contributed by atoms with Crippen LogP contribution in [0.4, 0.5) is 0 Å². The summed E-state index contributed by atoms with van der Waals surface area (Å²) in [4.78, 5) is 0. The summed E-state index contributed by atoms with van der Waals surface area (Å²) in [7, 11) is 0. The molecule has 0 atom stereocenters. The van der Waals surface area contributed by atoms with Crippen LogP contribution in [0.25, 0.3) is 0 Å². The summed E-state index contributed by atoms with van der Waals surface area (Å²) >= 11 is -9.04. The van der Waals surface area contributed by atoms with E-state index in [0.717, 1.165) is 0 Å². The second-order valence-electron chi connectivity index (χ2n) is 3.77. The molecule has 0 aromatic heterocycles. The summed E-state index contributed by atoms with van der Waals surface area (Å²) < 4.78 is 20.3. The van der Waals surface area contributed by atoms with Gasteiger partial charge >= 0.3 is 243 Å². The first-order chi connectivity index (χ1) is 15.2. The van der Waals surface area contributed by atoms with E-state index in [1.165, 1.54) is 61.9 Å². The average Bonchev–Trinajstić information content (AvgIpc) is 2.71. The van der Waals surface area contributed by atoms with Crippen LogP contribution in [-0.4, -0.2) is 59.1 Å². The average molecular weight is 570 g/mol. The van der Waals surface area contributed by atoms with Crippen LogP contribution in [0.2, 0.25) is 0 Å². The van der Waals surface area contributed by atoms with E-state index in [1.807, 2.05) is 43.3 Å². The number of hydrogen-bond donors (Lipinski definition) is 10. The third-order valence-electron chi connectivity index (χ3n) is 2.16. The predicted molar refractivity (Wildman–Crippen MR) is 102 cm³/mol. The topological polar surface area (TPSA) is 358 Å². The molecule has 0 saturated heterocycles. The van der Waals surface area contributed by atoms with Crippen molar-refractivity contribution in [1.82, 2.24) is 43.3 Å². The molecule has 0 rings (SSSR count). The monoisotopic (exact) mass is 570 g/mol. The molecule has 0 aliphatic heterocycles. The minimum atomic E-state index is -4.52. The first-order valence-electron chi connectivity index (χ1n) is 6.50. The van der Waals surface area contributed by atoms with E-state index < -0.39 is 25.8 Å². The molecule has 0 aromatic carbocycles. The van der Waals surface area contributed by atoms with Gasteiger partial charge in [0.15, 0.2) is 0 Å². The van der Waals surface area contributed by atoms with E-state index in [2.05, 4.69) is 0 Å². The van der Waals surface area contributed by atoms with Gasteiger partial charge in [-0.05, 0) is 0 Å². The van der Waals surface area contributed by atoms with Crippen molar-refractivity contribution in [3.05, 3.63) is 0 Å². The Labute approximate surface area is 240 Å². The van der Waals surface area contributed by atoms with Crippen LogP contribution in [0.3, 0.4) is 0 Å². The van der Waals surface area contributed by atoms with Crippen LogP contribution in [0, 0.1) is 115 Å². The van der Waals surface area contributed by atoms with Crippen LogP contribution < -0.4 is 43.3 Å². The maximum atomic E-state index is 8.55. The molecule has 0 spiro atoms. The number of nitriles is 10. The summed E-state index contributed by atoms with van der Waals surface area (Å²) in [5, 5.41) is 85.5. The zero-order valence-corrected chi connectivity index (χ0v) is 17.4. The first-order valence-corrected chi connectivity index (χ1v) is 12.0. The summed E-state index contributed by atoms with van der Waals surface area (Å²) in [5.74, 6) is 0. The molecule has 0 saturated carbocycles. The normalized spacial score (nSPS) is 9.71. The molecular formula is C10H12Fe2N20Na2. The summed E-state index contributed by atoms with van der Waals surface area (Å²) in [5.41, 5.74) is 0. The van der Waals surface area contributed by atoms with Crippen LogP contribution in [0.1, 0.15) is 0 Å². The SMILES string of the molecule is N#C[NH][Fe]([NH]C#N)([NH]C#N)([NH]C#N)[NH]C#N.N#C[NH][Fe]([NH]C#N)([NH]C#N)([NH]C#N)[NH]C#N.[NaH].[NaH]. The van der Waals surface area contributed by atoms with Gasteiger partial charge in [0.1, 0.15) is 0 Å².